The van der Waals surface area contributed by atoms with E-state index >= 15 is 0 Å². The minimum atomic E-state index is -0.988. The Kier molecular flexibility index (Phi) is 3.94. The molecule has 0 amide bonds. The number of rotatable bonds is 4. The topological polar surface area (TPSA) is 72.5 Å². The summed E-state index contributed by atoms with van der Waals surface area (Å²) in [6.07, 6.45) is 0. The second kappa shape index (κ2) is 5.00. The van der Waals surface area contributed by atoms with Crippen LogP contribution in [0.4, 0.5) is 0 Å². The Balaban J connectivity index is 3.19. The van der Waals surface area contributed by atoms with Crippen molar-refractivity contribution in [2.75, 3.05) is 13.7 Å². The Bertz CT molecular complexity index is 368. The van der Waals surface area contributed by atoms with Gasteiger partial charge in [-0.05, 0) is 18.2 Å². The Morgan fingerprint density at radius 1 is 1.67 bits per heavy atom. The predicted molar refractivity (Wildman–Crippen MR) is 57.4 cm³/mol. The fourth-order valence-electron chi connectivity index (χ4n) is 1.34. The second-order valence-electron chi connectivity index (χ2n) is 3.01. The highest BCUT2D eigenvalue weighted by Gasteiger charge is 2.21. The summed E-state index contributed by atoms with van der Waals surface area (Å²) in [5.74, 6) is -1.30. The van der Waals surface area contributed by atoms with Crippen LogP contribution in [0.25, 0.3) is 0 Å². The van der Waals surface area contributed by atoms with E-state index in [0.29, 0.717) is 16.3 Å². The quantitative estimate of drug-likeness (QED) is 0.820. The van der Waals surface area contributed by atoms with Gasteiger partial charge in [0.1, 0.15) is 5.75 Å². The number of ether oxygens (including phenoxy) is 1. The third kappa shape index (κ3) is 2.61. The smallest absolute Gasteiger partial charge is 0.312 e. The van der Waals surface area contributed by atoms with Crippen LogP contribution in [0.5, 0.6) is 5.75 Å². The van der Waals surface area contributed by atoms with E-state index in [-0.39, 0.29) is 6.54 Å². The van der Waals surface area contributed by atoms with Crippen LogP contribution in [0.2, 0.25) is 5.02 Å². The Morgan fingerprint density at radius 3 is 2.80 bits per heavy atom. The monoisotopic (exact) mass is 229 g/mol. The molecule has 0 aliphatic carbocycles. The molecule has 15 heavy (non-hydrogen) atoms. The zero-order valence-corrected chi connectivity index (χ0v) is 8.99. The molecule has 1 rings (SSSR count). The number of hydrogen-bond donors (Lipinski definition) is 2. The molecule has 0 aliphatic rings. The van der Waals surface area contributed by atoms with Gasteiger partial charge in [-0.3, -0.25) is 4.79 Å². The number of methoxy groups -OCH3 is 1. The number of benzene rings is 1. The lowest BCUT2D eigenvalue weighted by Gasteiger charge is -2.14. The fourth-order valence-corrected chi connectivity index (χ4v) is 1.52. The van der Waals surface area contributed by atoms with Crippen LogP contribution in [-0.4, -0.2) is 24.7 Å². The van der Waals surface area contributed by atoms with Crippen molar-refractivity contribution in [3.63, 3.8) is 0 Å². The third-order valence-electron chi connectivity index (χ3n) is 2.10. The van der Waals surface area contributed by atoms with Crippen molar-refractivity contribution in [1.82, 2.24) is 0 Å². The van der Waals surface area contributed by atoms with E-state index in [1.54, 1.807) is 18.2 Å². The van der Waals surface area contributed by atoms with Gasteiger partial charge >= 0.3 is 5.97 Å². The Labute approximate surface area is 92.6 Å². The summed E-state index contributed by atoms with van der Waals surface area (Å²) < 4.78 is 5.06. The van der Waals surface area contributed by atoms with E-state index in [1.807, 2.05) is 0 Å². The maximum atomic E-state index is 10.9. The molecule has 0 heterocycles. The number of hydrogen-bond acceptors (Lipinski definition) is 3. The molecule has 1 atom stereocenters. The van der Waals surface area contributed by atoms with Gasteiger partial charge in [0, 0.05) is 17.1 Å². The van der Waals surface area contributed by atoms with Gasteiger partial charge in [-0.15, -0.1) is 0 Å². The molecule has 1 aromatic carbocycles. The molecule has 82 valence electrons. The van der Waals surface area contributed by atoms with Crippen LogP contribution in [0.15, 0.2) is 18.2 Å². The molecule has 3 N–H and O–H groups in total. The van der Waals surface area contributed by atoms with Crippen LogP contribution in [-0.2, 0) is 4.79 Å². The van der Waals surface area contributed by atoms with Gasteiger partial charge in [0.25, 0.3) is 0 Å². The van der Waals surface area contributed by atoms with E-state index in [1.165, 1.54) is 7.11 Å². The standard InChI is InChI=1S/C10H12ClNO3/c1-15-9-3-2-6(11)4-7(9)8(5-12)10(13)14/h2-4,8H,5,12H2,1H3,(H,13,14)/t8-/m0/s1. The molecule has 0 saturated heterocycles. The van der Waals surface area contributed by atoms with Crippen molar-refractivity contribution in [2.24, 2.45) is 5.73 Å². The first-order valence-electron chi connectivity index (χ1n) is 4.36. The fraction of sp³-hybridized carbons (Fsp3) is 0.300. The summed E-state index contributed by atoms with van der Waals surface area (Å²) in [5.41, 5.74) is 5.90. The maximum absolute atomic E-state index is 10.9. The molecule has 4 nitrogen and oxygen atoms in total. The van der Waals surface area contributed by atoms with Gasteiger partial charge in [-0.1, -0.05) is 11.6 Å². The highest BCUT2D eigenvalue weighted by atomic mass is 35.5. The molecule has 0 radical (unpaired) electrons. The number of halogens is 1. The highest BCUT2D eigenvalue weighted by molar-refractivity contribution is 6.30. The third-order valence-corrected chi connectivity index (χ3v) is 2.34. The van der Waals surface area contributed by atoms with Gasteiger partial charge in [-0.25, -0.2) is 0 Å². The normalized spacial score (nSPS) is 12.2. The van der Waals surface area contributed by atoms with Crippen molar-refractivity contribution in [3.05, 3.63) is 28.8 Å². The largest absolute Gasteiger partial charge is 0.496 e. The first-order chi connectivity index (χ1) is 7.10. The van der Waals surface area contributed by atoms with E-state index in [9.17, 15) is 4.79 Å². The van der Waals surface area contributed by atoms with Crippen molar-refractivity contribution in [2.45, 2.75) is 5.92 Å². The van der Waals surface area contributed by atoms with Crippen molar-refractivity contribution >= 4 is 17.6 Å². The lowest BCUT2D eigenvalue weighted by molar-refractivity contribution is -0.138. The van der Waals surface area contributed by atoms with Crippen LogP contribution in [0, 0.1) is 0 Å². The molecule has 0 aliphatic heterocycles. The minimum absolute atomic E-state index is 0.00599. The molecule has 0 fully saturated rings. The lowest BCUT2D eigenvalue weighted by atomic mass is 9.98. The summed E-state index contributed by atoms with van der Waals surface area (Å²) in [5, 5.41) is 9.42. The van der Waals surface area contributed by atoms with Gasteiger partial charge in [-0.2, -0.15) is 0 Å². The SMILES string of the molecule is COc1ccc(Cl)cc1[C@H](CN)C(=O)O. The summed E-state index contributed by atoms with van der Waals surface area (Å²) in [7, 11) is 1.47. The predicted octanol–water partition coefficient (Wildman–Crippen LogP) is 1.48. The van der Waals surface area contributed by atoms with Crippen LogP contribution in [0.3, 0.4) is 0 Å². The van der Waals surface area contributed by atoms with E-state index in [0.717, 1.165) is 0 Å². The van der Waals surface area contributed by atoms with Gasteiger partial charge in [0.2, 0.25) is 0 Å². The first-order valence-corrected chi connectivity index (χ1v) is 4.74. The second-order valence-corrected chi connectivity index (χ2v) is 3.45. The average molecular weight is 230 g/mol. The molecule has 0 aromatic heterocycles. The first kappa shape index (κ1) is 11.8. The van der Waals surface area contributed by atoms with Gasteiger partial charge in [0.05, 0.1) is 13.0 Å². The van der Waals surface area contributed by atoms with E-state index < -0.39 is 11.9 Å². The van der Waals surface area contributed by atoms with Gasteiger partial charge in [0.15, 0.2) is 0 Å². The summed E-state index contributed by atoms with van der Waals surface area (Å²) in [6, 6.07) is 4.83. The zero-order valence-electron chi connectivity index (χ0n) is 8.24. The van der Waals surface area contributed by atoms with E-state index in [2.05, 4.69) is 0 Å². The van der Waals surface area contributed by atoms with Crippen molar-refractivity contribution in [3.8, 4) is 5.75 Å². The molecular formula is C10H12ClNO3. The molecule has 0 unspecified atom stereocenters. The lowest BCUT2D eigenvalue weighted by Crippen LogP contribution is -2.21. The van der Waals surface area contributed by atoms with Crippen LogP contribution in [0.1, 0.15) is 11.5 Å². The molecule has 0 saturated carbocycles. The molecule has 0 spiro atoms. The number of nitrogens with two attached hydrogens (primary N) is 1. The highest BCUT2D eigenvalue weighted by Crippen LogP contribution is 2.29. The summed E-state index contributed by atoms with van der Waals surface area (Å²) >= 11 is 5.79. The number of carboxylic acids is 1. The van der Waals surface area contributed by atoms with E-state index in [4.69, 9.17) is 27.2 Å². The number of aliphatic carboxylic acids is 1. The molecule has 0 bridgehead atoms. The minimum Gasteiger partial charge on any atom is -0.496 e. The average Bonchev–Trinajstić information content (AvgIpc) is 2.18. The molecular weight excluding hydrogens is 218 g/mol. The van der Waals surface area contributed by atoms with Crippen LogP contribution >= 0.6 is 11.6 Å². The summed E-state index contributed by atoms with van der Waals surface area (Å²) in [4.78, 5) is 10.9. The van der Waals surface area contributed by atoms with Crippen molar-refractivity contribution in [1.29, 1.82) is 0 Å². The van der Waals surface area contributed by atoms with Crippen molar-refractivity contribution < 1.29 is 14.6 Å². The number of carboxylic acid groups (broad SMARTS) is 1. The summed E-state index contributed by atoms with van der Waals surface area (Å²) in [6.45, 7) is 0.00599. The Morgan fingerprint density at radius 2 is 2.33 bits per heavy atom. The molecule has 1 aromatic rings. The zero-order chi connectivity index (χ0) is 11.4. The van der Waals surface area contributed by atoms with Gasteiger partial charge < -0.3 is 15.6 Å². The molecule has 5 heteroatoms. The Hall–Kier alpha value is -1.26. The maximum Gasteiger partial charge on any atom is 0.312 e. The van der Waals surface area contributed by atoms with Crippen LogP contribution < -0.4 is 10.5 Å². The number of carbonyl (C=O) groups is 1.